The Morgan fingerprint density at radius 3 is 3.08 bits per heavy atom. The predicted molar refractivity (Wildman–Crippen MR) is 49.9 cm³/mol. The van der Waals surface area contributed by atoms with Gasteiger partial charge < -0.3 is 8.98 Å². The topological polar surface area (TPSA) is 18.1 Å². The van der Waals surface area contributed by atoms with E-state index >= 15 is 0 Å². The minimum Gasteiger partial charge on any atom is -0.435 e. The Balaban J connectivity index is 2.60. The van der Waals surface area contributed by atoms with E-state index < -0.39 is 0 Å². The normalized spacial score (nSPS) is 22.2. The van der Waals surface area contributed by atoms with Gasteiger partial charge in [0.05, 0.1) is 13.5 Å². The van der Waals surface area contributed by atoms with Gasteiger partial charge in [-0.15, -0.1) is 0 Å². The van der Waals surface area contributed by atoms with E-state index in [1.807, 2.05) is 11.6 Å². The molecule has 0 N–H and O–H groups in total. The second-order valence-corrected chi connectivity index (χ2v) is 3.59. The van der Waals surface area contributed by atoms with Crippen LogP contribution >= 0.6 is 12.2 Å². The smallest absolute Gasteiger partial charge is 0.268 e. The van der Waals surface area contributed by atoms with E-state index in [-0.39, 0.29) is 5.82 Å². The first kappa shape index (κ1) is 8.11. The fraction of sp³-hybridized carbons (Fsp3) is 0.625. The van der Waals surface area contributed by atoms with Crippen LogP contribution in [0.15, 0.2) is 4.42 Å². The van der Waals surface area contributed by atoms with Gasteiger partial charge in [-0.1, -0.05) is 6.42 Å². The molecule has 62 valence electrons. The van der Waals surface area contributed by atoms with Crippen LogP contribution in [0.2, 0.25) is 0 Å². The number of oxazole rings is 1. The summed E-state index contributed by atoms with van der Waals surface area (Å²) in [5, 5.41) is 0. The first-order valence-electron chi connectivity index (χ1n) is 4.14. The standard InChI is InChI=1S/C8H10BNOS/c1-10-6-4-2-3-5(9)7(6)11-8(10)12/h5H,2-4H2,1H3. The maximum absolute atomic E-state index is 5.88. The van der Waals surface area contributed by atoms with Crippen LogP contribution in [0.4, 0.5) is 0 Å². The number of nitrogens with zero attached hydrogens (tertiary/aromatic N) is 1. The van der Waals surface area contributed by atoms with Gasteiger partial charge in [0.25, 0.3) is 4.84 Å². The molecule has 1 unspecified atom stereocenters. The Morgan fingerprint density at radius 1 is 1.67 bits per heavy atom. The van der Waals surface area contributed by atoms with Crippen molar-refractivity contribution in [2.24, 2.45) is 7.05 Å². The Labute approximate surface area is 78.0 Å². The Morgan fingerprint density at radius 2 is 2.42 bits per heavy atom. The molecule has 1 aromatic heterocycles. The van der Waals surface area contributed by atoms with Crippen LogP contribution < -0.4 is 0 Å². The van der Waals surface area contributed by atoms with Crippen molar-refractivity contribution >= 4 is 20.1 Å². The summed E-state index contributed by atoms with van der Waals surface area (Å²) >= 11 is 5.02. The van der Waals surface area contributed by atoms with Crippen LogP contribution in [0.3, 0.4) is 0 Å². The minimum atomic E-state index is 0.0525. The highest BCUT2D eigenvalue weighted by molar-refractivity contribution is 7.71. The quantitative estimate of drug-likeness (QED) is 0.447. The van der Waals surface area contributed by atoms with Crippen molar-refractivity contribution in [3.63, 3.8) is 0 Å². The molecule has 0 amide bonds. The molecule has 0 saturated carbocycles. The van der Waals surface area contributed by atoms with E-state index in [1.54, 1.807) is 0 Å². The van der Waals surface area contributed by atoms with E-state index in [0.29, 0.717) is 4.84 Å². The maximum Gasteiger partial charge on any atom is 0.268 e. The molecule has 1 aliphatic carbocycles. The number of hydrogen-bond acceptors (Lipinski definition) is 2. The molecule has 0 fully saturated rings. The third-order valence-electron chi connectivity index (χ3n) is 2.43. The van der Waals surface area contributed by atoms with Gasteiger partial charge in [0, 0.05) is 7.05 Å². The lowest BCUT2D eigenvalue weighted by Crippen LogP contribution is -2.10. The summed E-state index contributed by atoms with van der Waals surface area (Å²) in [7, 11) is 7.81. The highest BCUT2D eigenvalue weighted by Gasteiger charge is 2.21. The van der Waals surface area contributed by atoms with Crippen molar-refractivity contribution in [3.05, 3.63) is 16.3 Å². The molecule has 1 aromatic rings. The van der Waals surface area contributed by atoms with Crippen molar-refractivity contribution in [2.75, 3.05) is 0 Å². The Kier molecular flexibility index (Phi) is 1.87. The van der Waals surface area contributed by atoms with Crippen LogP contribution in [-0.4, -0.2) is 12.4 Å². The lowest BCUT2D eigenvalue weighted by molar-refractivity contribution is 0.455. The fourth-order valence-corrected chi connectivity index (χ4v) is 1.90. The van der Waals surface area contributed by atoms with E-state index in [4.69, 9.17) is 24.5 Å². The van der Waals surface area contributed by atoms with Crippen LogP contribution in [0, 0.1) is 4.84 Å². The van der Waals surface area contributed by atoms with Gasteiger partial charge >= 0.3 is 0 Å². The van der Waals surface area contributed by atoms with E-state index in [0.717, 1.165) is 25.0 Å². The van der Waals surface area contributed by atoms with Crippen molar-refractivity contribution in [3.8, 4) is 0 Å². The van der Waals surface area contributed by atoms with Gasteiger partial charge in [0.15, 0.2) is 0 Å². The summed E-state index contributed by atoms with van der Waals surface area (Å²) < 4.78 is 7.32. The lowest BCUT2D eigenvalue weighted by atomic mass is 9.76. The van der Waals surface area contributed by atoms with Crippen LogP contribution in [0.5, 0.6) is 0 Å². The summed E-state index contributed by atoms with van der Waals surface area (Å²) in [5.74, 6) is 0.949. The molecule has 0 aromatic carbocycles. The van der Waals surface area contributed by atoms with Crippen LogP contribution in [-0.2, 0) is 13.5 Å². The van der Waals surface area contributed by atoms with Crippen LogP contribution in [0.1, 0.15) is 30.1 Å². The molecule has 2 radical (unpaired) electrons. The summed E-state index contributed by atoms with van der Waals surface area (Å²) in [6.45, 7) is 0. The van der Waals surface area contributed by atoms with Crippen molar-refractivity contribution in [2.45, 2.75) is 25.1 Å². The largest absolute Gasteiger partial charge is 0.435 e. The molecule has 1 atom stereocenters. The molecule has 1 aliphatic rings. The molecule has 1 heterocycles. The van der Waals surface area contributed by atoms with Gasteiger partial charge in [0.1, 0.15) is 5.76 Å². The molecule has 2 nitrogen and oxygen atoms in total. The Hall–Kier alpha value is -0.505. The summed E-state index contributed by atoms with van der Waals surface area (Å²) in [4.78, 5) is 0.539. The molecule has 12 heavy (non-hydrogen) atoms. The molecule has 4 heteroatoms. The molecule has 0 spiro atoms. The van der Waals surface area contributed by atoms with Gasteiger partial charge in [0.2, 0.25) is 0 Å². The molecule has 2 rings (SSSR count). The second-order valence-electron chi connectivity index (χ2n) is 3.24. The predicted octanol–water partition coefficient (Wildman–Crippen LogP) is 1.89. The SMILES string of the molecule is [B]C1CCCc2c1oc(=S)n2C. The average Bonchev–Trinajstić information content (AvgIpc) is 2.32. The maximum atomic E-state index is 5.88. The van der Waals surface area contributed by atoms with E-state index in [1.165, 1.54) is 5.69 Å². The minimum absolute atomic E-state index is 0.0525. The molecular weight excluding hydrogens is 169 g/mol. The highest BCUT2D eigenvalue weighted by atomic mass is 32.1. The van der Waals surface area contributed by atoms with Crippen molar-refractivity contribution in [1.29, 1.82) is 0 Å². The average molecular weight is 179 g/mol. The van der Waals surface area contributed by atoms with E-state index in [9.17, 15) is 0 Å². The van der Waals surface area contributed by atoms with E-state index in [2.05, 4.69) is 0 Å². The van der Waals surface area contributed by atoms with Crippen LogP contribution in [0.25, 0.3) is 0 Å². The summed E-state index contributed by atoms with van der Waals surface area (Å²) in [6, 6.07) is 0. The van der Waals surface area contributed by atoms with Gasteiger partial charge in [-0.05, 0) is 30.9 Å². The lowest BCUT2D eigenvalue weighted by Gasteiger charge is -2.16. The van der Waals surface area contributed by atoms with Crippen molar-refractivity contribution in [1.82, 2.24) is 4.57 Å². The first-order valence-corrected chi connectivity index (χ1v) is 4.55. The zero-order chi connectivity index (χ0) is 8.72. The first-order chi connectivity index (χ1) is 5.70. The summed E-state index contributed by atoms with van der Waals surface area (Å²) in [5.41, 5.74) is 1.18. The van der Waals surface area contributed by atoms with Gasteiger partial charge in [-0.3, -0.25) is 0 Å². The molecule has 0 saturated heterocycles. The van der Waals surface area contributed by atoms with Gasteiger partial charge in [-0.25, -0.2) is 0 Å². The van der Waals surface area contributed by atoms with Crippen molar-refractivity contribution < 1.29 is 4.42 Å². The zero-order valence-corrected chi connectivity index (χ0v) is 7.86. The molecule has 0 aliphatic heterocycles. The number of rotatable bonds is 0. The zero-order valence-electron chi connectivity index (χ0n) is 7.04. The van der Waals surface area contributed by atoms with Gasteiger partial charge in [-0.2, -0.15) is 0 Å². The third kappa shape index (κ3) is 1.05. The Bertz CT molecular complexity index is 354. The summed E-state index contributed by atoms with van der Waals surface area (Å²) in [6.07, 6.45) is 3.19. The number of hydrogen-bond donors (Lipinski definition) is 0. The highest BCUT2D eigenvalue weighted by Crippen LogP contribution is 2.29. The molecular formula is C8H10BNOS. The third-order valence-corrected chi connectivity index (χ3v) is 2.78. The molecule has 0 bridgehead atoms. The fourth-order valence-electron chi connectivity index (χ4n) is 1.70. The monoisotopic (exact) mass is 179 g/mol. The second kappa shape index (κ2) is 2.77. The number of aromatic nitrogens is 1. The number of fused-ring (bicyclic) bond motifs is 1.